The van der Waals surface area contributed by atoms with Crippen LogP contribution in [0.2, 0.25) is 0 Å². The molecule has 2 N–H and O–H groups in total. The predicted octanol–water partition coefficient (Wildman–Crippen LogP) is 4.19. The van der Waals surface area contributed by atoms with E-state index in [9.17, 15) is 14.4 Å². The first-order valence-corrected chi connectivity index (χ1v) is 12.1. The highest BCUT2D eigenvalue weighted by Crippen LogP contribution is 2.31. The van der Waals surface area contributed by atoms with Crippen LogP contribution in [0.1, 0.15) is 35.7 Å². The van der Waals surface area contributed by atoms with Crippen molar-refractivity contribution in [1.82, 2.24) is 5.32 Å². The lowest BCUT2D eigenvalue weighted by molar-refractivity contribution is -0.122. The molecule has 2 amide bonds. The van der Waals surface area contributed by atoms with Gasteiger partial charge in [0.25, 0.3) is 11.8 Å². The van der Waals surface area contributed by atoms with Crippen molar-refractivity contribution in [2.24, 2.45) is 0 Å². The van der Waals surface area contributed by atoms with Gasteiger partial charge in [0.1, 0.15) is 23.7 Å². The zero-order valence-corrected chi connectivity index (χ0v) is 21.4. The first-order chi connectivity index (χ1) is 18.3. The summed E-state index contributed by atoms with van der Waals surface area (Å²) in [7, 11) is 0. The third-order valence-electron chi connectivity index (χ3n) is 5.31. The van der Waals surface area contributed by atoms with Crippen LogP contribution < -0.4 is 24.4 Å². The molecule has 38 heavy (non-hydrogen) atoms. The zero-order valence-electron chi connectivity index (χ0n) is 20.6. The van der Waals surface area contributed by atoms with Gasteiger partial charge >= 0.3 is 5.97 Å². The molecular formula is C27H24N2O8S. The quantitative estimate of drug-likeness (QED) is 0.223. The summed E-state index contributed by atoms with van der Waals surface area (Å²) in [6.45, 7) is 4.41. The molecule has 1 saturated heterocycles. The van der Waals surface area contributed by atoms with Crippen LogP contribution in [0.4, 0.5) is 5.69 Å². The van der Waals surface area contributed by atoms with Crippen LogP contribution in [-0.4, -0.2) is 41.2 Å². The number of rotatable bonds is 10. The van der Waals surface area contributed by atoms with E-state index < -0.39 is 17.8 Å². The van der Waals surface area contributed by atoms with E-state index in [2.05, 4.69) is 5.32 Å². The lowest BCUT2D eigenvalue weighted by Gasteiger charge is -2.29. The molecule has 2 aromatic carbocycles. The van der Waals surface area contributed by atoms with Crippen LogP contribution >= 0.6 is 12.2 Å². The van der Waals surface area contributed by atoms with Crippen molar-refractivity contribution in [2.45, 2.75) is 20.5 Å². The highest BCUT2D eigenvalue weighted by atomic mass is 32.1. The third-order valence-corrected chi connectivity index (χ3v) is 5.59. The smallest absolute Gasteiger partial charge is 0.371 e. The van der Waals surface area contributed by atoms with Gasteiger partial charge in [-0.3, -0.25) is 19.8 Å². The molecular weight excluding hydrogens is 512 g/mol. The number of nitrogens with one attached hydrogen (secondary N) is 1. The minimum Gasteiger partial charge on any atom is -0.494 e. The largest absolute Gasteiger partial charge is 0.494 e. The molecule has 10 nitrogen and oxygen atoms in total. The number of carbonyl (C=O) groups is 3. The molecule has 2 heterocycles. The highest BCUT2D eigenvalue weighted by molar-refractivity contribution is 7.80. The molecule has 11 heteroatoms. The molecule has 0 bridgehead atoms. The van der Waals surface area contributed by atoms with E-state index in [1.807, 2.05) is 6.92 Å². The van der Waals surface area contributed by atoms with E-state index in [1.165, 1.54) is 23.1 Å². The maximum atomic E-state index is 13.4. The Morgan fingerprint density at radius 1 is 1.03 bits per heavy atom. The molecule has 1 aliphatic rings. The molecule has 1 aliphatic heterocycles. The van der Waals surface area contributed by atoms with E-state index >= 15 is 0 Å². The van der Waals surface area contributed by atoms with Crippen LogP contribution in [0.5, 0.6) is 17.2 Å². The zero-order chi connectivity index (χ0) is 27.2. The normalized spacial score (nSPS) is 14.4. The number of ether oxygens (including phenoxy) is 3. The number of hydrogen-bond donors (Lipinski definition) is 2. The number of amides is 2. The number of carbonyl (C=O) groups excluding carboxylic acids is 2. The van der Waals surface area contributed by atoms with E-state index in [1.54, 1.807) is 49.4 Å². The number of benzene rings is 2. The summed E-state index contributed by atoms with van der Waals surface area (Å²) in [4.78, 5) is 38.3. The number of anilines is 1. The lowest BCUT2D eigenvalue weighted by Crippen LogP contribution is -2.54. The van der Waals surface area contributed by atoms with Crippen molar-refractivity contribution in [3.63, 3.8) is 0 Å². The van der Waals surface area contributed by atoms with Gasteiger partial charge in [0.05, 0.1) is 18.9 Å². The van der Waals surface area contributed by atoms with E-state index in [0.29, 0.717) is 47.5 Å². The molecule has 3 aromatic rings. The third kappa shape index (κ3) is 5.84. The number of thiocarbonyl (C=S) groups is 1. The van der Waals surface area contributed by atoms with Crippen LogP contribution in [0.25, 0.3) is 6.08 Å². The van der Waals surface area contributed by atoms with E-state index in [4.69, 9.17) is 36.0 Å². The first-order valence-electron chi connectivity index (χ1n) is 11.7. The average molecular weight is 537 g/mol. The molecule has 0 atom stereocenters. The van der Waals surface area contributed by atoms with Crippen LogP contribution in [0.15, 0.2) is 64.6 Å². The van der Waals surface area contributed by atoms with Crippen LogP contribution in [-0.2, 0) is 16.2 Å². The molecule has 0 aliphatic carbocycles. The van der Waals surface area contributed by atoms with Gasteiger partial charge in [0.2, 0.25) is 5.76 Å². The van der Waals surface area contributed by atoms with Gasteiger partial charge in [-0.2, -0.15) is 0 Å². The van der Waals surface area contributed by atoms with Crippen LogP contribution in [0.3, 0.4) is 0 Å². The summed E-state index contributed by atoms with van der Waals surface area (Å²) in [5.74, 6) is -0.945. The Labute approximate surface area is 223 Å². The van der Waals surface area contributed by atoms with Gasteiger partial charge in [-0.05, 0) is 74.1 Å². The Balaban J connectivity index is 1.59. The summed E-state index contributed by atoms with van der Waals surface area (Å²) >= 11 is 5.27. The maximum absolute atomic E-state index is 13.4. The summed E-state index contributed by atoms with van der Waals surface area (Å²) in [6.07, 6.45) is 1.44. The molecule has 1 fully saturated rings. The molecule has 4 rings (SSSR count). The van der Waals surface area contributed by atoms with Gasteiger partial charge in [0, 0.05) is 6.07 Å². The van der Waals surface area contributed by atoms with E-state index in [0.717, 1.165) is 0 Å². The van der Waals surface area contributed by atoms with Gasteiger partial charge in [-0.25, -0.2) is 4.79 Å². The Kier molecular flexibility index (Phi) is 8.07. The van der Waals surface area contributed by atoms with E-state index in [-0.39, 0.29) is 23.1 Å². The number of furan rings is 1. The van der Waals surface area contributed by atoms with Crippen molar-refractivity contribution in [1.29, 1.82) is 0 Å². The fourth-order valence-corrected chi connectivity index (χ4v) is 3.94. The molecule has 196 valence electrons. The molecule has 0 radical (unpaired) electrons. The standard InChI is InChI=1S/C27H24N2O8S/c1-3-34-18-7-5-6-17(14-18)29-25(31)20(24(30)28-27(29)38)12-16-8-10-21(23(13-16)35-4-2)36-15-19-9-11-22(37-19)26(32)33/h5-14H,3-4,15H2,1-2H3,(H,32,33)(H,28,30,38). The summed E-state index contributed by atoms with van der Waals surface area (Å²) in [5, 5.41) is 11.5. The monoisotopic (exact) mass is 536 g/mol. The van der Waals surface area contributed by atoms with Crippen molar-refractivity contribution < 1.29 is 38.1 Å². The second-order valence-corrected chi connectivity index (χ2v) is 8.27. The van der Waals surface area contributed by atoms with Gasteiger partial charge in [0.15, 0.2) is 16.6 Å². The summed E-state index contributed by atoms with van der Waals surface area (Å²) in [5.41, 5.74) is 0.856. The van der Waals surface area contributed by atoms with Crippen molar-refractivity contribution in [3.05, 3.63) is 77.3 Å². The van der Waals surface area contributed by atoms with Crippen molar-refractivity contribution in [3.8, 4) is 17.2 Å². The first kappa shape index (κ1) is 26.4. The SMILES string of the molecule is CCOc1cccc(N2C(=O)C(=Cc3ccc(OCc4ccc(C(=O)O)o4)c(OCC)c3)C(=O)NC2=S)c1. The topological polar surface area (TPSA) is 128 Å². The number of carboxylic acids is 1. The van der Waals surface area contributed by atoms with Gasteiger partial charge in [-0.1, -0.05) is 12.1 Å². The van der Waals surface area contributed by atoms with Gasteiger partial charge < -0.3 is 23.7 Å². The minimum atomic E-state index is -1.17. The number of carboxylic acid groups (broad SMARTS) is 1. The minimum absolute atomic E-state index is 0.0259. The maximum Gasteiger partial charge on any atom is 0.371 e. The van der Waals surface area contributed by atoms with Gasteiger partial charge in [-0.15, -0.1) is 0 Å². The number of hydrogen-bond acceptors (Lipinski definition) is 8. The highest BCUT2D eigenvalue weighted by Gasteiger charge is 2.34. The van der Waals surface area contributed by atoms with Crippen molar-refractivity contribution >= 4 is 46.9 Å². The molecule has 1 aromatic heterocycles. The Hall–Kier alpha value is -4.64. The molecule has 0 spiro atoms. The lowest BCUT2D eigenvalue weighted by atomic mass is 10.1. The van der Waals surface area contributed by atoms with Crippen molar-refractivity contribution in [2.75, 3.05) is 18.1 Å². The summed E-state index contributed by atoms with van der Waals surface area (Å²) in [6, 6.07) is 14.6. The van der Waals surface area contributed by atoms with Crippen LogP contribution in [0, 0.1) is 0 Å². The Morgan fingerprint density at radius 3 is 2.53 bits per heavy atom. The Bertz CT molecular complexity index is 1430. The average Bonchev–Trinajstić information content (AvgIpc) is 3.36. The number of nitrogens with zero attached hydrogens (tertiary/aromatic N) is 1. The molecule has 0 saturated carbocycles. The Morgan fingerprint density at radius 2 is 1.82 bits per heavy atom. The summed E-state index contributed by atoms with van der Waals surface area (Å²) < 4.78 is 22.2. The fraction of sp³-hybridized carbons (Fsp3) is 0.185. The predicted molar refractivity (Wildman–Crippen MR) is 141 cm³/mol. The fourth-order valence-electron chi connectivity index (χ4n) is 3.66. The second-order valence-electron chi connectivity index (χ2n) is 7.89. The second kappa shape index (κ2) is 11.6. The number of aromatic carboxylic acids is 1. The molecule has 0 unspecified atom stereocenters.